The van der Waals surface area contributed by atoms with Gasteiger partial charge in [-0.15, -0.1) is 0 Å². The van der Waals surface area contributed by atoms with Gasteiger partial charge in [0.1, 0.15) is 17.4 Å². The van der Waals surface area contributed by atoms with E-state index in [2.05, 4.69) is 17.4 Å². The van der Waals surface area contributed by atoms with E-state index in [1.54, 1.807) is 30.3 Å². The number of amides is 1. The topological polar surface area (TPSA) is 102 Å². The second kappa shape index (κ2) is 12.2. The Hall–Kier alpha value is -3.80. The molecule has 36 heavy (non-hydrogen) atoms. The number of carbonyl (C=O) groups is 2. The predicted molar refractivity (Wildman–Crippen MR) is 143 cm³/mol. The Morgan fingerprint density at radius 1 is 0.917 bits per heavy atom. The lowest BCUT2D eigenvalue weighted by Gasteiger charge is -2.25. The van der Waals surface area contributed by atoms with Crippen molar-refractivity contribution in [1.82, 2.24) is 5.32 Å². The third kappa shape index (κ3) is 8.45. The second-order valence-electron chi connectivity index (χ2n) is 10.0. The fourth-order valence-corrected chi connectivity index (χ4v) is 3.92. The lowest BCUT2D eigenvalue weighted by atomic mass is 10.00. The smallest absolute Gasteiger partial charge is 0.329 e. The van der Waals surface area contributed by atoms with Crippen LogP contribution < -0.4 is 11.1 Å². The molecule has 6 heteroatoms. The number of carbonyl (C=O) groups excluding carboxylic acids is 2. The Balaban J connectivity index is 1.68. The highest BCUT2D eigenvalue weighted by Gasteiger charge is 2.27. The van der Waals surface area contributed by atoms with Crippen LogP contribution in [0, 0.1) is 0 Å². The number of phenolic OH excluding ortho intramolecular Hbond substituents is 1. The number of hydrogen-bond donors (Lipinski definition) is 3. The number of aryl methyl sites for hydroxylation is 3. The highest BCUT2D eigenvalue weighted by molar-refractivity contribution is 5.97. The van der Waals surface area contributed by atoms with Crippen molar-refractivity contribution in [3.63, 3.8) is 0 Å². The third-order valence-electron chi connectivity index (χ3n) is 5.82. The average molecular weight is 489 g/mol. The quantitative estimate of drug-likeness (QED) is 0.268. The number of rotatable bonds is 10. The summed E-state index contributed by atoms with van der Waals surface area (Å²) in [5.74, 6) is -0.552. The van der Waals surface area contributed by atoms with E-state index >= 15 is 0 Å². The van der Waals surface area contributed by atoms with Gasteiger partial charge in [0.2, 0.25) is 0 Å². The molecule has 0 spiro atoms. The number of aromatic hydroxyl groups is 1. The molecule has 4 N–H and O–H groups in total. The van der Waals surface area contributed by atoms with Gasteiger partial charge >= 0.3 is 5.97 Å². The van der Waals surface area contributed by atoms with Gasteiger partial charge in [-0.25, -0.2) is 4.79 Å². The van der Waals surface area contributed by atoms with Gasteiger partial charge in [-0.2, -0.15) is 0 Å². The molecule has 0 aliphatic rings. The van der Waals surface area contributed by atoms with Gasteiger partial charge in [0.05, 0.1) is 0 Å². The minimum absolute atomic E-state index is 0.222. The molecule has 0 fully saturated rings. The van der Waals surface area contributed by atoms with E-state index < -0.39 is 17.6 Å². The number of esters is 1. The summed E-state index contributed by atoms with van der Waals surface area (Å²) in [6, 6.07) is 21.5. The fraction of sp³-hybridized carbons (Fsp3) is 0.333. The maximum absolute atomic E-state index is 13.1. The van der Waals surface area contributed by atoms with Crippen molar-refractivity contribution in [1.29, 1.82) is 0 Å². The van der Waals surface area contributed by atoms with Crippen LogP contribution in [0.15, 0.2) is 72.8 Å². The van der Waals surface area contributed by atoms with E-state index in [4.69, 9.17) is 10.5 Å². The summed E-state index contributed by atoms with van der Waals surface area (Å²) < 4.78 is 5.59. The molecule has 0 radical (unpaired) electrons. The molecule has 1 atom stereocenters. The van der Waals surface area contributed by atoms with Gasteiger partial charge in [-0.05, 0) is 99.9 Å². The summed E-state index contributed by atoms with van der Waals surface area (Å²) in [6.45, 7) is 5.44. The second-order valence-corrected chi connectivity index (χ2v) is 10.0. The first-order valence-corrected chi connectivity index (χ1v) is 12.3. The van der Waals surface area contributed by atoms with Gasteiger partial charge in [0.15, 0.2) is 0 Å². The highest BCUT2D eigenvalue weighted by atomic mass is 16.6. The van der Waals surface area contributed by atoms with Crippen molar-refractivity contribution < 1.29 is 19.4 Å². The Kier molecular flexibility index (Phi) is 9.12. The number of nitrogens with two attached hydrogens (primary N) is 1. The number of anilines is 1. The van der Waals surface area contributed by atoms with Gasteiger partial charge < -0.3 is 20.9 Å². The third-order valence-corrected chi connectivity index (χ3v) is 5.82. The molecule has 6 nitrogen and oxygen atoms in total. The summed E-state index contributed by atoms with van der Waals surface area (Å²) in [5, 5.41) is 12.4. The molecule has 3 rings (SSSR count). The molecule has 0 unspecified atom stereocenters. The SMILES string of the molecule is CC(C)(C)OC(=O)[C@H](CCCc1ccccc1)NC(=O)c1ccc(N)c(CCc2ccc(O)cc2)c1. The van der Waals surface area contributed by atoms with Crippen LogP contribution in [-0.4, -0.2) is 28.6 Å². The van der Waals surface area contributed by atoms with Crippen LogP contribution in [0.25, 0.3) is 0 Å². The molecule has 0 aromatic heterocycles. The molecule has 0 heterocycles. The van der Waals surface area contributed by atoms with E-state index in [1.165, 1.54) is 5.56 Å². The Morgan fingerprint density at radius 2 is 1.58 bits per heavy atom. The summed E-state index contributed by atoms with van der Waals surface area (Å²) >= 11 is 0. The fourth-order valence-electron chi connectivity index (χ4n) is 3.92. The van der Waals surface area contributed by atoms with Crippen LogP contribution in [0.2, 0.25) is 0 Å². The molecule has 3 aromatic carbocycles. The maximum atomic E-state index is 13.1. The number of phenols is 1. The zero-order valence-corrected chi connectivity index (χ0v) is 21.3. The molecule has 0 saturated heterocycles. The molecule has 190 valence electrons. The minimum Gasteiger partial charge on any atom is -0.508 e. The first-order valence-electron chi connectivity index (χ1n) is 12.3. The number of benzene rings is 3. The maximum Gasteiger partial charge on any atom is 0.329 e. The number of nitrogen functional groups attached to an aromatic ring is 1. The largest absolute Gasteiger partial charge is 0.508 e. The molecule has 0 saturated carbocycles. The minimum atomic E-state index is -0.751. The summed E-state index contributed by atoms with van der Waals surface area (Å²) in [6.07, 6.45) is 3.37. The lowest BCUT2D eigenvalue weighted by Crippen LogP contribution is -2.44. The normalized spacial score (nSPS) is 12.1. The standard InChI is InChI=1S/C30H36N2O4/c1-30(2,3)36-29(35)27(11-7-10-21-8-5-4-6-9-21)32-28(34)24-16-19-26(31)23(20-24)15-12-22-13-17-25(33)18-14-22/h4-6,8-9,13-14,16-20,27,33H,7,10-12,15,31H2,1-3H3,(H,32,34)/t27-/m0/s1. The summed E-state index contributed by atoms with van der Waals surface area (Å²) in [7, 11) is 0. The molecule has 0 aliphatic carbocycles. The van der Waals surface area contributed by atoms with Crippen LogP contribution in [0.5, 0.6) is 5.75 Å². The molecular weight excluding hydrogens is 452 g/mol. The molecule has 0 bridgehead atoms. The van der Waals surface area contributed by atoms with Crippen molar-refractivity contribution in [2.24, 2.45) is 0 Å². The van der Waals surface area contributed by atoms with Crippen LogP contribution in [0.3, 0.4) is 0 Å². The Labute approximate surface area is 213 Å². The first-order chi connectivity index (χ1) is 17.1. The van der Waals surface area contributed by atoms with E-state index in [9.17, 15) is 14.7 Å². The monoisotopic (exact) mass is 488 g/mol. The number of nitrogens with one attached hydrogen (secondary N) is 1. The van der Waals surface area contributed by atoms with Gasteiger partial charge in [0.25, 0.3) is 5.91 Å². The van der Waals surface area contributed by atoms with Crippen molar-refractivity contribution in [3.05, 3.63) is 95.1 Å². The average Bonchev–Trinajstić information content (AvgIpc) is 2.83. The predicted octanol–water partition coefficient (Wildman–Crippen LogP) is 5.22. The molecular formula is C30H36N2O4. The number of ether oxygens (including phenoxy) is 1. The Bertz CT molecular complexity index is 1150. The lowest BCUT2D eigenvalue weighted by molar-refractivity contribution is -0.157. The van der Waals surface area contributed by atoms with E-state index in [0.717, 1.165) is 30.4 Å². The van der Waals surface area contributed by atoms with Crippen molar-refractivity contribution in [3.8, 4) is 5.75 Å². The van der Waals surface area contributed by atoms with Crippen LogP contribution in [0.4, 0.5) is 5.69 Å². The zero-order valence-electron chi connectivity index (χ0n) is 21.3. The van der Waals surface area contributed by atoms with Crippen LogP contribution in [0.1, 0.15) is 60.7 Å². The molecule has 3 aromatic rings. The van der Waals surface area contributed by atoms with E-state index in [-0.39, 0.29) is 11.7 Å². The van der Waals surface area contributed by atoms with E-state index in [1.807, 2.05) is 51.1 Å². The highest BCUT2D eigenvalue weighted by Crippen LogP contribution is 2.19. The van der Waals surface area contributed by atoms with Gasteiger partial charge in [-0.3, -0.25) is 4.79 Å². The van der Waals surface area contributed by atoms with Crippen LogP contribution in [-0.2, 0) is 28.8 Å². The Morgan fingerprint density at radius 3 is 2.25 bits per heavy atom. The van der Waals surface area contributed by atoms with Crippen molar-refractivity contribution in [2.45, 2.75) is 64.5 Å². The molecule has 0 aliphatic heterocycles. The van der Waals surface area contributed by atoms with Crippen molar-refractivity contribution >= 4 is 17.6 Å². The van der Waals surface area contributed by atoms with Gasteiger partial charge in [-0.1, -0.05) is 42.5 Å². The number of hydrogen-bond acceptors (Lipinski definition) is 5. The van der Waals surface area contributed by atoms with Crippen molar-refractivity contribution in [2.75, 3.05) is 5.73 Å². The van der Waals surface area contributed by atoms with Crippen LogP contribution >= 0.6 is 0 Å². The van der Waals surface area contributed by atoms with E-state index in [0.29, 0.717) is 24.1 Å². The zero-order chi connectivity index (χ0) is 26.1. The molecule has 1 amide bonds. The first kappa shape index (κ1) is 26.8. The summed E-state index contributed by atoms with van der Waals surface area (Å²) in [5.41, 5.74) is 9.67. The summed E-state index contributed by atoms with van der Waals surface area (Å²) in [4.78, 5) is 26.0. The van der Waals surface area contributed by atoms with Gasteiger partial charge in [0, 0.05) is 11.3 Å².